The third kappa shape index (κ3) is 4.58. The molecule has 1 N–H and O–H groups in total. The van der Waals surface area contributed by atoms with Crippen LogP contribution in [0.3, 0.4) is 0 Å². The maximum absolute atomic E-state index is 12.8. The van der Waals surface area contributed by atoms with E-state index >= 15 is 0 Å². The highest BCUT2D eigenvalue weighted by molar-refractivity contribution is 7.10. The molecule has 0 saturated carbocycles. The fourth-order valence-electron chi connectivity index (χ4n) is 3.34. The minimum absolute atomic E-state index is 0.0878. The third-order valence-corrected chi connectivity index (χ3v) is 5.98. The standard InChI is InChI=1S/C23H21N3O2S/c24-12-9-17-5-7-20(8-6-17)28-16-19-3-1-2-4-21(19)25-23(27)26-13-10-22-18(15-26)11-14-29-22/h1-8,11,14H,9-10,13,15-16H2,(H,25,27). The first kappa shape index (κ1) is 19.0. The van der Waals surface area contributed by atoms with Crippen LogP contribution in [-0.4, -0.2) is 17.5 Å². The van der Waals surface area contributed by atoms with E-state index in [4.69, 9.17) is 10.00 Å². The maximum Gasteiger partial charge on any atom is 0.322 e. The Hall–Kier alpha value is -3.30. The molecule has 0 spiro atoms. The molecule has 0 atom stereocenters. The highest BCUT2D eigenvalue weighted by Gasteiger charge is 2.22. The van der Waals surface area contributed by atoms with E-state index < -0.39 is 0 Å². The number of rotatable bonds is 5. The Morgan fingerprint density at radius 1 is 1.17 bits per heavy atom. The molecule has 5 nitrogen and oxygen atoms in total. The Labute approximate surface area is 174 Å². The second kappa shape index (κ2) is 8.80. The van der Waals surface area contributed by atoms with Gasteiger partial charge in [-0.15, -0.1) is 11.3 Å². The summed E-state index contributed by atoms with van der Waals surface area (Å²) in [6.07, 6.45) is 1.30. The number of para-hydroxylation sites is 1. The van der Waals surface area contributed by atoms with Crippen molar-refractivity contribution in [3.05, 3.63) is 81.5 Å². The lowest BCUT2D eigenvalue weighted by Crippen LogP contribution is -2.38. The van der Waals surface area contributed by atoms with Crippen molar-refractivity contribution in [2.45, 2.75) is 26.0 Å². The summed E-state index contributed by atoms with van der Waals surface area (Å²) in [5, 5.41) is 13.9. The van der Waals surface area contributed by atoms with Gasteiger partial charge in [-0.2, -0.15) is 5.26 Å². The molecule has 2 aromatic carbocycles. The Bertz CT molecular complexity index is 1040. The van der Waals surface area contributed by atoms with E-state index in [0.29, 0.717) is 19.6 Å². The predicted molar refractivity (Wildman–Crippen MR) is 114 cm³/mol. The number of ether oxygens (including phenoxy) is 1. The lowest BCUT2D eigenvalue weighted by Gasteiger charge is -2.27. The molecule has 2 heterocycles. The molecule has 1 aliphatic rings. The Kier molecular flexibility index (Phi) is 5.78. The number of hydrogen-bond acceptors (Lipinski definition) is 4. The number of nitriles is 1. The van der Waals surface area contributed by atoms with E-state index in [9.17, 15) is 4.79 Å². The summed E-state index contributed by atoms with van der Waals surface area (Å²) in [7, 11) is 0. The molecule has 6 heteroatoms. The van der Waals surface area contributed by atoms with Crippen LogP contribution in [0.5, 0.6) is 5.75 Å². The van der Waals surface area contributed by atoms with Gasteiger partial charge in [0.25, 0.3) is 0 Å². The first-order chi connectivity index (χ1) is 14.2. The smallest absolute Gasteiger partial charge is 0.322 e. The van der Waals surface area contributed by atoms with Gasteiger partial charge >= 0.3 is 6.03 Å². The Morgan fingerprint density at radius 2 is 2.00 bits per heavy atom. The lowest BCUT2D eigenvalue weighted by molar-refractivity contribution is 0.207. The van der Waals surface area contributed by atoms with Gasteiger partial charge in [-0.1, -0.05) is 30.3 Å². The molecular weight excluding hydrogens is 382 g/mol. The summed E-state index contributed by atoms with van der Waals surface area (Å²) in [5.74, 6) is 0.730. The van der Waals surface area contributed by atoms with Gasteiger partial charge in [-0.25, -0.2) is 4.79 Å². The summed E-state index contributed by atoms with van der Waals surface area (Å²) >= 11 is 1.76. The Morgan fingerprint density at radius 3 is 2.83 bits per heavy atom. The number of amides is 2. The molecule has 1 aromatic heterocycles. The number of hydrogen-bond donors (Lipinski definition) is 1. The summed E-state index contributed by atoms with van der Waals surface area (Å²) in [6.45, 7) is 1.73. The molecule has 29 heavy (non-hydrogen) atoms. The SMILES string of the molecule is N#CCc1ccc(OCc2ccccc2NC(=O)N2CCc3sccc3C2)cc1. The fraction of sp³-hybridized carbons (Fsp3) is 0.217. The van der Waals surface area contributed by atoms with E-state index in [2.05, 4.69) is 22.8 Å². The van der Waals surface area contributed by atoms with Crippen molar-refractivity contribution in [3.8, 4) is 11.8 Å². The monoisotopic (exact) mass is 403 g/mol. The van der Waals surface area contributed by atoms with Crippen LogP contribution in [0.25, 0.3) is 0 Å². The second-order valence-electron chi connectivity index (χ2n) is 6.90. The minimum atomic E-state index is -0.0878. The third-order valence-electron chi connectivity index (χ3n) is 4.95. The second-order valence-corrected chi connectivity index (χ2v) is 7.90. The molecule has 2 amide bonds. The average Bonchev–Trinajstić information content (AvgIpc) is 3.22. The molecular formula is C23H21N3O2S. The van der Waals surface area contributed by atoms with Gasteiger partial charge in [-0.05, 0) is 47.2 Å². The first-order valence-corrected chi connectivity index (χ1v) is 10.4. The number of nitrogens with zero attached hydrogens (tertiary/aromatic N) is 2. The summed E-state index contributed by atoms with van der Waals surface area (Å²) in [5.41, 5.74) is 3.88. The quantitative estimate of drug-likeness (QED) is 0.653. The van der Waals surface area contributed by atoms with Gasteiger partial charge < -0.3 is 15.0 Å². The highest BCUT2D eigenvalue weighted by Crippen LogP contribution is 2.25. The van der Waals surface area contributed by atoms with Gasteiger partial charge in [-0.3, -0.25) is 0 Å². The molecule has 0 saturated heterocycles. The minimum Gasteiger partial charge on any atom is -0.489 e. The molecule has 3 aromatic rings. The van der Waals surface area contributed by atoms with Gasteiger partial charge in [0.05, 0.1) is 12.5 Å². The predicted octanol–water partition coefficient (Wildman–Crippen LogP) is 4.98. The number of fused-ring (bicyclic) bond motifs is 1. The Balaban J connectivity index is 1.39. The van der Waals surface area contributed by atoms with Crippen LogP contribution in [-0.2, 0) is 26.0 Å². The van der Waals surface area contributed by atoms with E-state index in [-0.39, 0.29) is 6.03 Å². The molecule has 0 fully saturated rings. The van der Waals surface area contributed by atoms with Crippen molar-refractivity contribution < 1.29 is 9.53 Å². The maximum atomic E-state index is 12.8. The first-order valence-electron chi connectivity index (χ1n) is 9.50. The van der Waals surface area contributed by atoms with Crippen molar-refractivity contribution in [3.63, 3.8) is 0 Å². The molecule has 1 aliphatic heterocycles. The number of benzene rings is 2. The zero-order valence-electron chi connectivity index (χ0n) is 15.9. The number of nitrogens with one attached hydrogen (secondary N) is 1. The number of carbonyl (C=O) groups is 1. The van der Waals surface area contributed by atoms with Crippen LogP contribution < -0.4 is 10.1 Å². The molecule has 146 valence electrons. The van der Waals surface area contributed by atoms with Gasteiger partial charge in [0.15, 0.2) is 0 Å². The summed E-state index contributed by atoms with van der Waals surface area (Å²) < 4.78 is 5.88. The molecule has 0 unspecified atom stereocenters. The van der Waals surface area contributed by atoms with Gasteiger partial charge in [0, 0.05) is 29.2 Å². The van der Waals surface area contributed by atoms with Gasteiger partial charge in [0.2, 0.25) is 0 Å². The molecule has 0 aliphatic carbocycles. The van der Waals surface area contributed by atoms with Crippen molar-refractivity contribution in [2.24, 2.45) is 0 Å². The van der Waals surface area contributed by atoms with E-state index in [1.54, 1.807) is 11.3 Å². The van der Waals surface area contributed by atoms with Crippen molar-refractivity contribution in [1.82, 2.24) is 4.90 Å². The average molecular weight is 404 g/mol. The topological polar surface area (TPSA) is 65.4 Å². The van der Waals surface area contributed by atoms with Gasteiger partial charge in [0.1, 0.15) is 12.4 Å². The van der Waals surface area contributed by atoms with E-state index in [1.807, 2.05) is 53.4 Å². The van der Waals surface area contributed by atoms with Crippen LogP contribution >= 0.6 is 11.3 Å². The summed E-state index contributed by atoms with van der Waals surface area (Å²) in [4.78, 5) is 16.0. The molecule has 0 radical (unpaired) electrons. The molecule has 0 bridgehead atoms. The van der Waals surface area contributed by atoms with Crippen molar-refractivity contribution in [1.29, 1.82) is 5.26 Å². The number of anilines is 1. The molecule has 4 rings (SSSR count). The number of urea groups is 1. The van der Waals surface area contributed by atoms with E-state index in [1.165, 1.54) is 10.4 Å². The van der Waals surface area contributed by atoms with Crippen LogP contribution in [0.2, 0.25) is 0 Å². The number of thiophene rings is 1. The zero-order valence-corrected chi connectivity index (χ0v) is 16.7. The van der Waals surface area contributed by atoms with Crippen molar-refractivity contribution in [2.75, 3.05) is 11.9 Å². The largest absolute Gasteiger partial charge is 0.489 e. The summed E-state index contributed by atoms with van der Waals surface area (Å²) in [6, 6.07) is 19.3. The normalized spacial score (nSPS) is 12.7. The van der Waals surface area contributed by atoms with Crippen LogP contribution in [0.4, 0.5) is 10.5 Å². The van der Waals surface area contributed by atoms with Crippen LogP contribution in [0.1, 0.15) is 21.6 Å². The van der Waals surface area contributed by atoms with Crippen molar-refractivity contribution >= 4 is 23.1 Å². The zero-order chi connectivity index (χ0) is 20.1. The van der Waals surface area contributed by atoms with Crippen LogP contribution in [0.15, 0.2) is 60.0 Å². The highest BCUT2D eigenvalue weighted by atomic mass is 32.1. The lowest BCUT2D eigenvalue weighted by atomic mass is 10.1. The fourth-order valence-corrected chi connectivity index (χ4v) is 4.23. The van der Waals surface area contributed by atoms with E-state index in [0.717, 1.165) is 35.5 Å². The van der Waals surface area contributed by atoms with Crippen LogP contribution in [0, 0.1) is 11.3 Å². The number of carbonyl (C=O) groups excluding carboxylic acids is 1.